The zero-order chi connectivity index (χ0) is 11.4. The van der Waals surface area contributed by atoms with Crippen molar-refractivity contribution < 1.29 is 9.84 Å². The van der Waals surface area contributed by atoms with Crippen LogP contribution < -0.4 is 10.5 Å². The Morgan fingerprint density at radius 1 is 1.27 bits per heavy atom. The Labute approximate surface area is 90.9 Å². The van der Waals surface area contributed by atoms with Crippen molar-refractivity contribution in [2.24, 2.45) is 11.7 Å². The molecule has 3 nitrogen and oxygen atoms in total. The van der Waals surface area contributed by atoms with Crippen LogP contribution in [0.5, 0.6) is 5.75 Å². The molecule has 0 spiro atoms. The van der Waals surface area contributed by atoms with Crippen molar-refractivity contribution >= 4 is 0 Å². The molecule has 0 amide bonds. The predicted octanol–water partition coefficient (Wildman–Crippen LogP) is 1.71. The number of hydrogen-bond acceptors (Lipinski definition) is 3. The second kappa shape index (κ2) is 5.14. The molecule has 2 atom stereocenters. The summed E-state index contributed by atoms with van der Waals surface area (Å²) in [6.07, 6.45) is -0.554. The Bertz CT molecular complexity index is 312. The molecule has 1 aromatic carbocycles. The minimum absolute atomic E-state index is 0.130. The van der Waals surface area contributed by atoms with Gasteiger partial charge in [0, 0.05) is 5.56 Å². The quantitative estimate of drug-likeness (QED) is 0.793. The summed E-state index contributed by atoms with van der Waals surface area (Å²) in [4.78, 5) is 0. The fourth-order valence-corrected chi connectivity index (χ4v) is 1.54. The van der Waals surface area contributed by atoms with Gasteiger partial charge in [-0.3, -0.25) is 0 Å². The largest absolute Gasteiger partial charge is 0.496 e. The van der Waals surface area contributed by atoms with Crippen molar-refractivity contribution in [1.29, 1.82) is 0 Å². The van der Waals surface area contributed by atoms with Crippen LogP contribution in [0.1, 0.15) is 25.5 Å². The van der Waals surface area contributed by atoms with Crippen LogP contribution >= 0.6 is 0 Å². The molecule has 0 heterocycles. The average molecular weight is 209 g/mol. The van der Waals surface area contributed by atoms with E-state index in [1.54, 1.807) is 7.11 Å². The second-order valence-electron chi connectivity index (χ2n) is 4.00. The van der Waals surface area contributed by atoms with Gasteiger partial charge in [-0.15, -0.1) is 0 Å². The van der Waals surface area contributed by atoms with E-state index in [0.717, 1.165) is 11.3 Å². The summed E-state index contributed by atoms with van der Waals surface area (Å²) >= 11 is 0. The molecule has 0 bridgehead atoms. The van der Waals surface area contributed by atoms with Crippen LogP contribution in [0.2, 0.25) is 0 Å². The molecule has 0 radical (unpaired) electrons. The first-order chi connectivity index (χ1) is 7.07. The van der Waals surface area contributed by atoms with Crippen molar-refractivity contribution in [2.45, 2.75) is 26.0 Å². The van der Waals surface area contributed by atoms with Crippen LogP contribution in [-0.4, -0.2) is 18.3 Å². The number of hydrogen-bond donors (Lipinski definition) is 2. The molecule has 0 saturated heterocycles. The summed E-state index contributed by atoms with van der Waals surface area (Å²) in [6, 6.07) is 7.11. The van der Waals surface area contributed by atoms with Crippen LogP contribution in [0.4, 0.5) is 0 Å². The number of benzene rings is 1. The van der Waals surface area contributed by atoms with Gasteiger partial charge in [0.1, 0.15) is 5.75 Å². The predicted molar refractivity (Wildman–Crippen MR) is 60.8 cm³/mol. The fourth-order valence-electron chi connectivity index (χ4n) is 1.54. The molecule has 0 aliphatic heterocycles. The first-order valence-electron chi connectivity index (χ1n) is 5.14. The standard InChI is InChI=1S/C12H19NO2/c1-8(2)12(14)11(13)9-6-4-5-7-10(9)15-3/h4-8,11-12,14H,13H2,1-3H3/t11-,12+/m1/s1. The second-order valence-corrected chi connectivity index (χ2v) is 4.00. The van der Waals surface area contributed by atoms with E-state index in [4.69, 9.17) is 10.5 Å². The molecule has 3 heteroatoms. The molecule has 1 rings (SSSR count). The number of methoxy groups -OCH3 is 1. The maximum atomic E-state index is 9.89. The van der Waals surface area contributed by atoms with Crippen LogP contribution in [-0.2, 0) is 0 Å². The Morgan fingerprint density at radius 2 is 1.87 bits per heavy atom. The smallest absolute Gasteiger partial charge is 0.123 e. The highest BCUT2D eigenvalue weighted by Crippen LogP contribution is 2.27. The Kier molecular flexibility index (Phi) is 4.12. The van der Waals surface area contributed by atoms with Crippen molar-refractivity contribution in [2.75, 3.05) is 7.11 Å². The molecule has 0 saturated carbocycles. The van der Waals surface area contributed by atoms with Crippen molar-refractivity contribution in [1.82, 2.24) is 0 Å². The highest BCUT2D eigenvalue weighted by molar-refractivity contribution is 5.36. The van der Waals surface area contributed by atoms with Gasteiger partial charge < -0.3 is 15.6 Å². The minimum atomic E-state index is -0.554. The van der Waals surface area contributed by atoms with Gasteiger partial charge in [0.2, 0.25) is 0 Å². The van der Waals surface area contributed by atoms with Gasteiger partial charge in [0.25, 0.3) is 0 Å². The molecular formula is C12H19NO2. The van der Waals surface area contributed by atoms with Gasteiger partial charge >= 0.3 is 0 Å². The summed E-state index contributed by atoms with van der Waals surface area (Å²) in [5, 5.41) is 9.89. The monoisotopic (exact) mass is 209 g/mol. The normalized spacial score (nSPS) is 15.1. The first-order valence-corrected chi connectivity index (χ1v) is 5.14. The van der Waals surface area contributed by atoms with Gasteiger partial charge in [0.05, 0.1) is 19.3 Å². The summed E-state index contributed by atoms with van der Waals surface area (Å²) in [7, 11) is 1.60. The Morgan fingerprint density at radius 3 is 2.40 bits per heavy atom. The van der Waals surface area contributed by atoms with Crippen LogP contribution in [0.15, 0.2) is 24.3 Å². The molecule has 84 valence electrons. The third-order valence-corrected chi connectivity index (χ3v) is 2.55. The molecule has 15 heavy (non-hydrogen) atoms. The molecular weight excluding hydrogens is 190 g/mol. The molecule has 0 fully saturated rings. The average Bonchev–Trinajstić information content (AvgIpc) is 2.26. The summed E-state index contributed by atoms with van der Waals surface area (Å²) in [5.41, 5.74) is 6.83. The van der Waals surface area contributed by atoms with E-state index in [2.05, 4.69) is 0 Å². The van der Waals surface area contributed by atoms with Gasteiger partial charge in [-0.1, -0.05) is 32.0 Å². The number of aliphatic hydroxyl groups excluding tert-OH is 1. The third kappa shape index (κ3) is 2.70. The lowest BCUT2D eigenvalue weighted by molar-refractivity contribution is 0.0969. The number of nitrogens with two attached hydrogens (primary N) is 1. The molecule has 0 aliphatic carbocycles. The highest BCUT2D eigenvalue weighted by atomic mass is 16.5. The van der Waals surface area contributed by atoms with Gasteiger partial charge in [-0.05, 0) is 12.0 Å². The van der Waals surface area contributed by atoms with Crippen molar-refractivity contribution in [3.05, 3.63) is 29.8 Å². The maximum absolute atomic E-state index is 9.89. The summed E-state index contributed by atoms with van der Waals surface area (Å²) < 4.78 is 5.21. The minimum Gasteiger partial charge on any atom is -0.496 e. The maximum Gasteiger partial charge on any atom is 0.123 e. The summed E-state index contributed by atoms with van der Waals surface area (Å²) in [5.74, 6) is 0.856. The van der Waals surface area contributed by atoms with Gasteiger partial charge in [-0.25, -0.2) is 0 Å². The number of rotatable bonds is 4. The lowest BCUT2D eigenvalue weighted by Gasteiger charge is -2.23. The molecule has 0 aromatic heterocycles. The lowest BCUT2D eigenvalue weighted by atomic mass is 9.94. The number of ether oxygens (including phenoxy) is 1. The zero-order valence-corrected chi connectivity index (χ0v) is 9.47. The highest BCUT2D eigenvalue weighted by Gasteiger charge is 2.22. The van der Waals surface area contributed by atoms with Gasteiger partial charge in [-0.2, -0.15) is 0 Å². The van der Waals surface area contributed by atoms with Crippen molar-refractivity contribution in [3.8, 4) is 5.75 Å². The van der Waals surface area contributed by atoms with Crippen LogP contribution in [0, 0.1) is 5.92 Å². The van der Waals surface area contributed by atoms with E-state index in [-0.39, 0.29) is 5.92 Å². The van der Waals surface area contributed by atoms with E-state index >= 15 is 0 Å². The van der Waals surface area contributed by atoms with Crippen molar-refractivity contribution in [3.63, 3.8) is 0 Å². The Balaban J connectivity index is 2.94. The van der Waals surface area contributed by atoms with E-state index in [1.165, 1.54) is 0 Å². The molecule has 3 N–H and O–H groups in total. The molecule has 0 aliphatic rings. The first kappa shape index (κ1) is 12.0. The Hall–Kier alpha value is -1.06. The van der Waals surface area contributed by atoms with Gasteiger partial charge in [0.15, 0.2) is 0 Å². The van der Waals surface area contributed by atoms with Crippen LogP contribution in [0.3, 0.4) is 0 Å². The number of para-hydroxylation sites is 1. The van der Waals surface area contributed by atoms with Crippen LogP contribution in [0.25, 0.3) is 0 Å². The lowest BCUT2D eigenvalue weighted by Crippen LogP contribution is -2.30. The van der Waals surface area contributed by atoms with E-state index in [1.807, 2.05) is 38.1 Å². The third-order valence-electron chi connectivity index (χ3n) is 2.55. The number of aliphatic hydroxyl groups is 1. The van der Waals surface area contributed by atoms with E-state index < -0.39 is 12.1 Å². The SMILES string of the molecule is COc1ccccc1[C@@H](N)[C@@H](O)C(C)C. The topological polar surface area (TPSA) is 55.5 Å². The molecule has 0 unspecified atom stereocenters. The fraction of sp³-hybridized carbons (Fsp3) is 0.500. The summed E-state index contributed by atoms with van der Waals surface area (Å²) in [6.45, 7) is 3.89. The zero-order valence-electron chi connectivity index (χ0n) is 9.47. The van der Waals surface area contributed by atoms with E-state index in [9.17, 15) is 5.11 Å². The van der Waals surface area contributed by atoms with E-state index in [0.29, 0.717) is 0 Å². The molecule has 1 aromatic rings.